The molecule has 2 nitrogen and oxygen atoms in total. The standard InChI is InChI=1S/C16H20N2/c1-4-13(5-1)9-11-17-12-15-7-2-6-14-8-3-10-18-16(14)15/h2-3,6-8,10,13,17H,1,4-5,9,11-12H2. The second-order valence-corrected chi connectivity index (χ2v) is 5.25. The van der Waals surface area contributed by atoms with Crippen molar-refractivity contribution in [1.29, 1.82) is 0 Å². The Morgan fingerprint density at radius 1 is 1.17 bits per heavy atom. The minimum Gasteiger partial charge on any atom is -0.313 e. The highest BCUT2D eigenvalue weighted by molar-refractivity contribution is 5.81. The lowest BCUT2D eigenvalue weighted by Gasteiger charge is -2.25. The van der Waals surface area contributed by atoms with Gasteiger partial charge in [-0.1, -0.05) is 43.5 Å². The first-order valence-electron chi connectivity index (χ1n) is 6.97. The zero-order valence-electron chi connectivity index (χ0n) is 10.7. The van der Waals surface area contributed by atoms with Crippen molar-refractivity contribution in [3.05, 3.63) is 42.1 Å². The molecule has 0 bridgehead atoms. The van der Waals surface area contributed by atoms with E-state index < -0.39 is 0 Å². The summed E-state index contributed by atoms with van der Waals surface area (Å²) < 4.78 is 0. The van der Waals surface area contributed by atoms with Gasteiger partial charge in [-0.25, -0.2) is 0 Å². The minimum atomic E-state index is 0.932. The molecule has 0 saturated heterocycles. The van der Waals surface area contributed by atoms with Crippen molar-refractivity contribution in [1.82, 2.24) is 10.3 Å². The molecule has 18 heavy (non-hydrogen) atoms. The Hall–Kier alpha value is -1.41. The number of nitrogens with zero attached hydrogens (tertiary/aromatic N) is 1. The van der Waals surface area contributed by atoms with Gasteiger partial charge in [0, 0.05) is 18.1 Å². The van der Waals surface area contributed by atoms with Crippen LogP contribution in [0.15, 0.2) is 36.5 Å². The van der Waals surface area contributed by atoms with Gasteiger partial charge in [-0.05, 0) is 30.5 Å². The van der Waals surface area contributed by atoms with E-state index >= 15 is 0 Å². The summed E-state index contributed by atoms with van der Waals surface area (Å²) in [6.07, 6.45) is 7.53. The van der Waals surface area contributed by atoms with Crippen LogP contribution in [0.3, 0.4) is 0 Å². The minimum absolute atomic E-state index is 0.932. The van der Waals surface area contributed by atoms with Crippen LogP contribution >= 0.6 is 0 Å². The fraction of sp³-hybridized carbons (Fsp3) is 0.438. The van der Waals surface area contributed by atoms with Crippen LogP contribution in [0.25, 0.3) is 10.9 Å². The van der Waals surface area contributed by atoms with Crippen LogP contribution in [0.2, 0.25) is 0 Å². The summed E-state index contributed by atoms with van der Waals surface area (Å²) in [5.41, 5.74) is 2.44. The van der Waals surface area contributed by atoms with Gasteiger partial charge in [-0.15, -0.1) is 0 Å². The van der Waals surface area contributed by atoms with Crippen molar-refractivity contribution in [3.63, 3.8) is 0 Å². The van der Waals surface area contributed by atoms with E-state index in [4.69, 9.17) is 0 Å². The summed E-state index contributed by atoms with van der Waals surface area (Å²) in [5.74, 6) is 0.989. The van der Waals surface area contributed by atoms with Gasteiger partial charge in [-0.3, -0.25) is 4.98 Å². The summed E-state index contributed by atoms with van der Waals surface area (Å²) >= 11 is 0. The molecule has 1 saturated carbocycles. The monoisotopic (exact) mass is 240 g/mol. The first-order chi connectivity index (χ1) is 8.93. The molecule has 3 rings (SSSR count). The van der Waals surface area contributed by atoms with Gasteiger partial charge in [0.25, 0.3) is 0 Å². The van der Waals surface area contributed by atoms with Crippen molar-refractivity contribution in [2.45, 2.75) is 32.2 Å². The Morgan fingerprint density at radius 3 is 2.89 bits per heavy atom. The third-order valence-corrected chi connectivity index (χ3v) is 3.99. The van der Waals surface area contributed by atoms with Crippen molar-refractivity contribution >= 4 is 10.9 Å². The molecule has 2 heteroatoms. The van der Waals surface area contributed by atoms with Gasteiger partial charge in [-0.2, -0.15) is 0 Å². The largest absolute Gasteiger partial charge is 0.313 e. The number of fused-ring (bicyclic) bond motifs is 1. The molecular weight excluding hydrogens is 220 g/mol. The molecule has 1 aromatic carbocycles. The summed E-state index contributed by atoms with van der Waals surface area (Å²) in [5, 5.41) is 4.79. The van der Waals surface area contributed by atoms with Gasteiger partial charge < -0.3 is 5.32 Å². The SMILES string of the molecule is c1cnc2c(CNCCC3CCC3)cccc2c1. The molecule has 0 unspecified atom stereocenters. The molecule has 0 amide bonds. The van der Waals surface area contributed by atoms with E-state index in [0.717, 1.165) is 24.5 Å². The molecule has 0 atom stereocenters. The average molecular weight is 240 g/mol. The number of nitrogens with one attached hydrogen (secondary N) is 1. The number of pyridine rings is 1. The number of para-hydroxylation sites is 1. The van der Waals surface area contributed by atoms with Gasteiger partial charge in [0.2, 0.25) is 0 Å². The second-order valence-electron chi connectivity index (χ2n) is 5.25. The fourth-order valence-corrected chi connectivity index (χ4v) is 2.62. The third-order valence-electron chi connectivity index (χ3n) is 3.99. The first kappa shape index (κ1) is 11.7. The summed E-state index contributed by atoms with van der Waals surface area (Å²) in [6.45, 7) is 2.06. The van der Waals surface area contributed by atoms with Crippen LogP contribution in [-0.2, 0) is 6.54 Å². The van der Waals surface area contributed by atoms with Gasteiger partial charge in [0.1, 0.15) is 0 Å². The molecule has 2 aromatic rings. The maximum absolute atomic E-state index is 4.48. The molecule has 1 fully saturated rings. The van der Waals surface area contributed by atoms with Crippen LogP contribution in [0.1, 0.15) is 31.2 Å². The van der Waals surface area contributed by atoms with E-state index in [1.165, 1.54) is 36.6 Å². The van der Waals surface area contributed by atoms with E-state index in [2.05, 4.69) is 34.6 Å². The van der Waals surface area contributed by atoms with Crippen LogP contribution < -0.4 is 5.32 Å². The quantitative estimate of drug-likeness (QED) is 0.809. The number of hydrogen-bond donors (Lipinski definition) is 1. The zero-order valence-corrected chi connectivity index (χ0v) is 10.7. The first-order valence-corrected chi connectivity index (χ1v) is 6.97. The van der Waals surface area contributed by atoms with Crippen molar-refractivity contribution in [2.75, 3.05) is 6.54 Å². The number of rotatable bonds is 5. The molecule has 1 aliphatic rings. The lowest BCUT2D eigenvalue weighted by Crippen LogP contribution is -2.21. The summed E-state index contributed by atoms with van der Waals surface area (Å²) in [7, 11) is 0. The maximum Gasteiger partial charge on any atom is 0.0746 e. The Labute approximate surface area is 108 Å². The fourth-order valence-electron chi connectivity index (χ4n) is 2.62. The normalized spacial score (nSPS) is 15.8. The Kier molecular flexibility index (Phi) is 3.56. The number of aromatic nitrogens is 1. The predicted octanol–water partition coefficient (Wildman–Crippen LogP) is 3.51. The van der Waals surface area contributed by atoms with Crippen LogP contribution in [-0.4, -0.2) is 11.5 Å². The number of hydrogen-bond acceptors (Lipinski definition) is 2. The molecule has 1 N–H and O–H groups in total. The molecule has 0 radical (unpaired) electrons. The third kappa shape index (κ3) is 2.54. The molecule has 0 aliphatic heterocycles. The molecule has 0 spiro atoms. The molecule has 1 aliphatic carbocycles. The Morgan fingerprint density at radius 2 is 2.06 bits per heavy atom. The van der Waals surface area contributed by atoms with Gasteiger partial charge >= 0.3 is 0 Å². The average Bonchev–Trinajstić information content (AvgIpc) is 2.36. The highest BCUT2D eigenvalue weighted by Crippen LogP contribution is 2.28. The zero-order chi connectivity index (χ0) is 12.2. The summed E-state index contributed by atoms with van der Waals surface area (Å²) in [4.78, 5) is 4.48. The topological polar surface area (TPSA) is 24.9 Å². The Bertz CT molecular complexity index is 512. The van der Waals surface area contributed by atoms with Crippen molar-refractivity contribution in [2.24, 2.45) is 5.92 Å². The van der Waals surface area contributed by atoms with Crippen molar-refractivity contribution in [3.8, 4) is 0 Å². The molecule has 94 valence electrons. The van der Waals surface area contributed by atoms with E-state index in [0.29, 0.717) is 0 Å². The van der Waals surface area contributed by atoms with E-state index in [1.54, 1.807) is 0 Å². The van der Waals surface area contributed by atoms with E-state index in [1.807, 2.05) is 12.3 Å². The Balaban J connectivity index is 1.59. The van der Waals surface area contributed by atoms with Crippen LogP contribution in [0.5, 0.6) is 0 Å². The lowest BCUT2D eigenvalue weighted by atomic mass is 9.83. The molecular formula is C16H20N2. The van der Waals surface area contributed by atoms with Crippen LogP contribution in [0.4, 0.5) is 0 Å². The maximum atomic E-state index is 4.48. The summed E-state index contributed by atoms with van der Waals surface area (Å²) in [6, 6.07) is 10.5. The van der Waals surface area contributed by atoms with Crippen molar-refractivity contribution < 1.29 is 0 Å². The lowest BCUT2D eigenvalue weighted by molar-refractivity contribution is 0.292. The van der Waals surface area contributed by atoms with Crippen LogP contribution in [0, 0.1) is 5.92 Å². The molecule has 1 aromatic heterocycles. The molecule has 1 heterocycles. The van der Waals surface area contributed by atoms with E-state index in [-0.39, 0.29) is 0 Å². The van der Waals surface area contributed by atoms with E-state index in [9.17, 15) is 0 Å². The predicted molar refractivity (Wildman–Crippen MR) is 75.4 cm³/mol. The second kappa shape index (κ2) is 5.49. The van der Waals surface area contributed by atoms with Gasteiger partial charge in [0.15, 0.2) is 0 Å². The number of benzene rings is 1. The van der Waals surface area contributed by atoms with Gasteiger partial charge in [0.05, 0.1) is 5.52 Å². The highest BCUT2D eigenvalue weighted by atomic mass is 14.9. The smallest absolute Gasteiger partial charge is 0.0746 e. The highest BCUT2D eigenvalue weighted by Gasteiger charge is 2.16.